The third kappa shape index (κ3) is 3.92. The van der Waals surface area contributed by atoms with Crippen molar-refractivity contribution in [2.45, 2.75) is 25.0 Å². The first kappa shape index (κ1) is 22.7. The largest absolute Gasteiger partial charge is 0.495 e. The molecule has 4 aromatic rings. The molecular weight excluding hydrogens is 460 g/mol. The number of hydrogen-bond donors (Lipinski definition) is 1. The average Bonchev–Trinajstić information content (AvgIpc) is 3.31. The van der Waals surface area contributed by atoms with Crippen molar-refractivity contribution in [3.05, 3.63) is 42.9 Å². The van der Waals surface area contributed by atoms with E-state index in [9.17, 15) is 4.79 Å². The molecule has 2 aliphatic rings. The second kappa shape index (κ2) is 9.03. The van der Waals surface area contributed by atoms with Crippen molar-refractivity contribution in [3.63, 3.8) is 0 Å². The second-order valence-electron chi connectivity index (χ2n) is 9.30. The molecule has 1 aromatic carbocycles. The number of amides is 1. The van der Waals surface area contributed by atoms with E-state index in [1.165, 1.54) is 0 Å². The lowest BCUT2D eigenvalue weighted by Gasteiger charge is -2.16. The Morgan fingerprint density at radius 2 is 2.00 bits per heavy atom. The molecule has 1 aliphatic carbocycles. The molecule has 1 saturated carbocycles. The average molecular weight is 489 g/mol. The summed E-state index contributed by atoms with van der Waals surface area (Å²) in [7, 11) is 5.23. The van der Waals surface area contributed by atoms with Gasteiger partial charge in [-0.2, -0.15) is 10.2 Å². The molecule has 0 spiro atoms. The molecule has 1 saturated heterocycles. The Bertz CT molecular complexity index is 1440. The fraction of sp³-hybridized carbons (Fsp3) is 0.385. The van der Waals surface area contributed by atoms with Crippen molar-refractivity contribution < 1.29 is 19.0 Å². The maximum atomic E-state index is 12.3. The number of rotatable bonds is 7. The number of carbonyl (C=O) groups excluding carboxylic acids is 1. The SMILES string of the molecule is COc1c(-c2cnn([C@@H]3COC[C@@H]3OC)c2)cccc1-c1nn(C)c2cnc(NC(=O)C3CC3)cc12. The number of pyridine rings is 1. The van der Waals surface area contributed by atoms with Crippen molar-refractivity contribution in [1.29, 1.82) is 0 Å². The van der Waals surface area contributed by atoms with Crippen LogP contribution in [0.5, 0.6) is 5.75 Å². The summed E-state index contributed by atoms with van der Waals surface area (Å²) in [6.07, 6.45) is 7.41. The van der Waals surface area contributed by atoms with Gasteiger partial charge in [0.25, 0.3) is 0 Å². The van der Waals surface area contributed by atoms with Gasteiger partial charge in [0.1, 0.15) is 29.4 Å². The summed E-state index contributed by atoms with van der Waals surface area (Å²) in [6.45, 7) is 1.12. The predicted molar refractivity (Wildman–Crippen MR) is 134 cm³/mol. The Labute approximate surface area is 208 Å². The lowest BCUT2D eigenvalue weighted by atomic mass is 10.0. The van der Waals surface area contributed by atoms with Gasteiger partial charge >= 0.3 is 0 Å². The van der Waals surface area contributed by atoms with E-state index in [0.29, 0.717) is 24.8 Å². The molecule has 10 heteroatoms. The number of anilines is 1. The molecule has 1 N–H and O–H groups in total. The normalized spacial score (nSPS) is 19.6. The van der Waals surface area contributed by atoms with Crippen LogP contribution in [0.3, 0.4) is 0 Å². The van der Waals surface area contributed by atoms with Gasteiger partial charge in [0.15, 0.2) is 0 Å². The van der Waals surface area contributed by atoms with Gasteiger partial charge in [-0.3, -0.25) is 14.2 Å². The van der Waals surface area contributed by atoms with Gasteiger partial charge in [-0.1, -0.05) is 12.1 Å². The Balaban J connectivity index is 1.40. The van der Waals surface area contributed by atoms with Crippen molar-refractivity contribution in [3.8, 4) is 28.1 Å². The minimum absolute atomic E-state index is 0.0206. The number of nitrogens with one attached hydrogen (secondary N) is 1. The van der Waals surface area contributed by atoms with E-state index in [0.717, 1.165) is 46.1 Å². The van der Waals surface area contributed by atoms with E-state index in [2.05, 4.69) is 15.4 Å². The number of aromatic nitrogens is 5. The first-order valence-electron chi connectivity index (χ1n) is 12.0. The Morgan fingerprint density at radius 3 is 2.78 bits per heavy atom. The molecule has 0 bridgehead atoms. The molecule has 0 radical (unpaired) electrons. The van der Waals surface area contributed by atoms with Crippen molar-refractivity contribution in [2.24, 2.45) is 13.0 Å². The fourth-order valence-corrected chi connectivity index (χ4v) is 4.82. The summed E-state index contributed by atoms with van der Waals surface area (Å²) in [5, 5.41) is 13.2. The molecule has 0 unspecified atom stereocenters. The molecule has 36 heavy (non-hydrogen) atoms. The standard InChI is InChI=1S/C26H28N6O4/c1-31-20-11-27-23(29-26(33)15-7-8-15)9-19(20)24(30-31)18-6-4-5-17(25(18)35-3)16-10-28-32(12-16)21-13-36-14-22(21)34-2/h4-6,9-12,15,21-22H,7-8,13-14H2,1-3H3,(H,27,29,33)/t21-,22+/m1/s1. The Morgan fingerprint density at radius 1 is 1.17 bits per heavy atom. The smallest absolute Gasteiger partial charge is 0.228 e. The summed E-state index contributed by atoms with van der Waals surface area (Å²) in [4.78, 5) is 16.7. The zero-order valence-corrected chi connectivity index (χ0v) is 20.5. The van der Waals surface area contributed by atoms with E-state index in [4.69, 9.17) is 19.3 Å². The van der Waals surface area contributed by atoms with Crippen molar-refractivity contribution in [2.75, 3.05) is 32.8 Å². The third-order valence-electron chi connectivity index (χ3n) is 6.97. The van der Waals surface area contributed by atoms with Gasteiger partial charge in [-0.05, 0) is 25.0 Å². The summed E-state index contributed by atoms with van der Waals surface area (Å²) in [5.41, 5.74) is 4.30. The van der Waals surface area contributed by atoms with Crippen LogP contribution in [-0.2, 0) is 21.3 Å². The number of carbonyl (C=O) groups is 1. The number of hydrogen-bond acceptors (Lipinski definition) is 7. The van der Waals surface area contributed by atoms with Gasteiger partial charge in [0.2, 0.25) is 5.91 Å². The monoisotopic (exact) mass is 488 g/mol. The van der Waals surface area contributed by atoms with Gasteiger partial charge in [-0.25, -0.2) is 4.98 Å². The van der Waals surface area contributed by atoms with Gasteiger partial charge in [0, 0.05) is 48.3 Å². The molecule has 1 aliphatic heterocycles. The molecule has 4 heterocycles. The van der Waals surface area contributed by atoms with E-state index >= 15 is 0 Å². The van der Waals surface area contributed by atoms with Crippen LogP contribution in [0, 0.1) is 5.92 Å². The van der Waals surface area contributed by atoms with Crippen molar-refractivity contribution in [1.82, 2.24) is 24.5 Å². The van der Waals surface area contributed by atoms with Gasteiger partial charge in [0.05, 0.1) is 38.2 Å². The summed E-state index contributed by atoms with van der Waals surface area (Å²) in [5.74, 6) is 1.34. The maximum Gasteiger partial charge on any atom is 0.228 e. The number of fused-ring (bicyclic) bond motifs is 1. The number of ether oxygens (including phenoxy) is 3. The molecule has 2 fully saturated rings. The lowest BCUT2D eigenvalue weighted by molar-refractivity contribution is -0.117. The van der Waals surface area contributed by atoms with Crippen LogP contribution < -0.4 is 10.1 Å². The van der Waals surface area contributed by atoms with Crippen LogP contribution >= 0.6 is 0 Å². The molecule has 2 atom stereocenters. The molecule has 1 amide bonds. The predicted octanol–water partition coefficient (Wildman–Crippen LogP) is 3.44. The fourth-order valence-electron chi connectivity index (χ4n) is 4.82. The topological polar surface area (TPSA) is 105 Å². The third-order valence-corrected chi connectivity index (χ3v) is 6.97. The molecular formula is C26H28N6O4. The number of nitrogens with zero attached hydrogens (tertiary/aromatic N) is 5. The van der Waals surface area contributed by atoms with Crippen LogP contribution in [0.25, 0.3) is 33.3 Å². The Kier molecular flexibility index (Phi) is 5.69. The Hall–Kier alpha value is -3.76. The van der Waals surface area contributed by atoms with Crippen LogP contribution in [0.4, 0.5) is 5.82 Å². The highest BCUT2D eigenvalue weighted by Gasteiger charge is 2.31. The lowest BCUT2D eigenvalue weighted by Crippen LogP contribution is -2.24. The van der Waals surface area contributed by atoms with E-state index < -0.39 is 0 Å². The first-order valence-corrected chi connectivity index (χ1v) is 12.0. The highest BCUT2D eigenvalue weighted by molar-refractivity contribution is 6.00. The van der Waals surface area contributed by atoms with E-state index in [1.807, 2.05) is 48.4 Å². The number of para-hydroxylation sites is 1. The molecule has 6 rings (SSSR count). The van der Waals surface area contributed by atoms with Crippen LogP contribution in [0.15, 0.2) is 42.9 Å². The highest BCUT2D eigenvalue weighted by atomic mass is 16.5. The van der Waals surface area contributed by atoms with E-state index in [1.54, 1.807) is 25.1 Å². The van der Waals surface area contributed by atoms with Gasteiger partial charge in [-0.15, -0.1) is 0 Å². The van der Waals surface area contributed by atoms with E-state index in [-0.39, 0.29) is 24.0 Å². The summed E-state index contributed by atoms with van der Waals surface area (Å²) < 4.78 is 20.8. The molecule has 186 valence electrons. The highest BCUT2D eigenvalue weighted by Crippen LogP contribution is 2.41. The summed E-state index contributed by atoms with van der Waals surface area (Å²) in [6, 6.07) is 7.89. The number of benzene rings is 1. The first-order chi connectivity index (χ1) is 17.6. The molecule has 10 nitrogen and oxygen atoms in total. The quantitative estimate of drug-likeness (QED) is 0.425. The second-order valence-corrected chi connectivity index (χ2v) is 9.30. The zero-order valence-electron chi connectivity index (χ0n) is 20.5. The number of aryl methyl sites for hydroxylation is 1. The maximum absolute atomic E-state index is 12.3. The minimum atomic E-state index is -0.0333. The summed E-state index contributed by atoms with van der Waals surface area (Å²) >= 11 is 0. The molecule has 3 aromatic heterocycles. The van der Waals surface area contributed by atoms with Crippen molar-refractivity contribution >= 4 is 22.6 Å². The number of methoxy groups -OCH3 is 2. The minimum Gasteiger partial charge on any atom is -0.495 e. The van der Waals surface area contributed by atoms with Crippen LogP contribution in [0.1, 0.15) is 18.9 Å². The van der Waals surface area contributed by atoms with Gasteiger partial charge < -0.3 is 19.5 Å². The van der Waals surface area contributed by atoms with Crippen LogP contribution in [-0.4, -0.2) is 64.0 Å². The zero-order chi connectivity index (χ0) is 24.8. The van der Waals surface area contributed by atoms with Crippen LogP contribution in [0.2, 0.25) is 0 Å².